The number of ether oxygens (including phenoxy) is 1. The molecule has 1 N–H and O–H groups in total. The molecule has 0 saturated heterocycles. The summed E-state index contributed by atoms with van der Waals surface area (Å²) in [6.07, 6.45) is 6.04. The molecule has 0 unspecified atom stereocenters. The average molecular weight is 282 g/mol. The van der Waals surface area contributed by atoms with Gasteiger partial charge in [-0.1, -0.05) is 24.3 Å². The zero-order chi connectivity index (χ0) is 14.7. The Morgan fingerprint density at radius 2 is 2.19 bits per heavy atom. The Bertz CT molecular complexity index is 669. The Kier molecular flexibility index (Phi) is 3.73. The van der Waals surface area contributed by atoms with Crippen molar-refractivity contribution in [3.8, 4) is 5.75 Å². The quantitative estimate of drug-likeness (QED) is 0.934. The van der Waals surface area contributed by atoms with Crippen LogP contribution in [0.3, 0.4) is 0 Å². The summed E-state index contributed by atoms with van der Waals surface area (Å²) in [6.45, 7) is 3.93. The highest BCUT2D eigenvalue weighted by Crippen LogP contribution is 2.28. The van der Waals surface area contributed by atoms with Crippen LogP contribution in [0.1, 0.15) is 12.5 Å². The van der Waals surface area contributed by atoms with Crippen LogP contribution in [0, 0.1) is 0 Å². The molecular weight excluding hydrogens is 264 g/mol. The van der Waals surface area contributed by atoms with Crippen LogP contribution in [0.25, 0.3) is 6.08 Å². The number of aromatic nitrogens is 2. The molecule has 2 heterocycles. The van der Waals surface area contributed by atoms with E-state index in [0.29, 0.717) is 5.95 Å². The van der Waals surface area contributed by atoms with Crippen LogP contribution < -0.4 is 15.0 Å². The average Bonchev–Trinajstić information content (AvgIpc) is 2.54. The molecule has 0 saturated carbocycles. The van der Waals surface area contributed by atoms with E-state index in [9.17, 15) is 0 Å². The fraction of sp³-hybridized carbons (Fsp3) is 0.250. The summed E-state index contributed by atoms with van der Waals surface area (Å²) in [5, 5.41) is 3.22. The first-order valence-corrected chi connectivity index (χ1v) is 7.00. The maximum absolute atomic E-state index is 5.33. The molecule has 5 heteroatoms. The van der Waals surface area contributed by atoms with Crippen LogP contribution in [-0.2, 0) is 0 Å². The van der Waals surface area contributed by atoms with Crippen molar-refractivity contribution in [3.63, 3.8) is 0 Å². The number of rotatable bonds is 4. The molecule has 3 rings (SSSR count). The second kappa shape index (κ2) is 5.83. The molecule has 21 heavy (non-hydrogen) atoms. The van der Waals surface area contributed by atoms with E-state index in [0.717, 1.165) is 35.9 Å². The molecular formula is C16H18N4O. The Morgan fingerprint density at radius 1 is 1.33 bits per heavy atom. The van der Waals surface area contributed by atoms with Gasteiger partial charge in [-0.25, -0.2) is 4.98 Å². The molecule has 1 aliphatic rings. The lowest BCUT2D eigenvalue weighted by Crippen LogP contribution is -2.27. The summed E-state index contributed by atoms with van der Waals surface area (Å²) in [6, 6.07) is 7.73. The van der Waals surface area contributed by atoms with Crippen molar-refractivity contribution in [2.24, 2.45) is 0 Å². The molecule has 1 aromatic carbocycles. The highest BCUT2D eigenvalue weighted by Gasteiger charge is 2.15. The monoisotopic (exact) mass is 282 g/mol. The van der Waals surface area contributed by atoms with Gasteiger partial charge in [-0.05, 0) is 19.1 Å². The minimum absolute atomic E-state index is 0.576. The SMILES string of the molecule is CCN1CC=Cc2cnc(Nc3ccccc3OC)nc21. The number of likely N-dealkylation sites (N-methyl/N-ethyl adjacent to an activating group) is 1. The summed E-state index contributed by atoms with van der Waals surface area (Å²) in [5.41, 5.74) is 1.91. The fourth-order valence-electron chi connectivity index (χ4n) is 2.35. The van der Waals surface area contributed by atoms with Crippen molar-refractivity contribution in [3.05, 3.63) is 42.1 Å². The molecule has 108 valence electrons. The highest BCUT2D eigenvalue weighted by atomic mass is 16.5. The number of para-hydroxylation sites is 2. The van der Waals surface area contributed by atoms with E-state index in [-0.39, 0.29) is 0 Å². The van der Waals surface area contributed by atoms with Crippen LogP contribution in [0.5, 0.6) is 5.75 Å². The first-order chi connectivity index (χ1) is 10.3. The number of nitrogens with one attached hydrogen (secondary N) is 1. The normalized spacial score (nSPS) is 13.0. The first-order valence-electron chi connectivity index (χ1n) is 7.00. The Labute approximate surface area is 124 Å². The van der Waals surface area contributed by atoms with Crippen molar-refractivity contribution in [1.82, 2.24) is 9.97 Å². The van der Waals surface area contributed by atoms with Crippen molar-refractivity contribution in [2.75, 3.05) is 30.4 Å². The van der Waals surface area contributed by atoms with E-state index in [1.165, 1.54) is 0 Å². The Balaban J connectivity index is 1.92. The number of hydrogen-bond acceptors (Lipinski definition) is 5. The number of nitrogens with zero attached hydrogens (tertiary/aromatic N) is 3. The van der Waals surface area contributed by atoms with Crippen molar-refractivity contribution in [2.45, 2.75) is 6.92 Å². The maximum Gasteiger partial charge on any atom is 0.229 e. The van der Waals surface area contributed by atoms with Gasteiger partial charge in [-0.15, -0.1) is 0 Å². The second-order valence-electron chi connectivity index (χ2n) is 4.74. The number of anilines is 3. The van der Waals surface area contributed by atoms with Crippen molar-refractivity contribution < 1.29 is 4.74 Å². The van der Waals surface area contributed by atoms with E-state index >= 15 is 0 Å². The molecule has 1 aliphatic heterocycles. The van der Waals surface area contributed by atoms with Gasteiger partial charge in [0.25, 0.3) is 0 Å². The van der Waals surface area contributed by atoms with E-state index in [2.05, 4.69) is 39.3 Å². The number of fused-ring (bicyclic) bond motifs is 1. The molecule has 0 amide bonds. The number of benzene rings is 1. The smallest absolute Gasteiger partial charge is 0.229 e. The van der Waals surface area contributed by atoms with Gasteiger partial charge in [0, 0.05) is 24.8 Å². The lowest BCUT2D eigenvalue weighted by atomic mass is 10.2. The van der Waals surface area contributed by atoms with Gasteiger partial charge < -0.3 is 15.0 Å². The van der Waals surface area contributed by atoms with Gasteiger partial charge in [0.1, 0.15) is 11.6 Å². The van der Waals surface area contributed by atoms with Crippen LogP contribution in [0.15, 0.2) is 36.5 Å². The summed E-state index contributed by atoms with van der Waals surface area (Å²) in [7, 11) is 1.65. The van der Waals surface area contributed by atoms with Crippen LogP contribution >= 0.6 is 0 Å². The molecule has 0 spiro atoms. The molecule has 0 radical (unpaired) electrons. The van der Waals surface area contributed by atoms with Gasteiger partial charge in [0.05, 0.1) is 12.8 Å². The summed E-state index contributed by atoms with van der Waals surface area (Å²) in [4.78, 5) is 11.2. The Hall–Kier alpha value is -2.56. The molecule has 0 aliphatic carbocycles. The third-order valence-corrected chi connectivity index (χ3v) is 3.45. The zero-order valence-corrected chi connectivity index (χ0v) is 12.2. The summed E-state index contributed by atoms with van der Waals surface area (Å²) >= 11 is 0. The van der Waals surface area contributed by atoms with E-state index in [1.807, 2.05) is 30.5 Å². The molecule has 0 fully saturated rings. The van der Waals surface area contributed by atoms with E-state index < -0.39 is 0 Å². The number of methoxy groups -OCH3 is 1. The predicted octanol–water partition coefficient (Wildman–Crippen LogP) is 3.08. The third-order valence-electron chi connectivity index (χ3n) is 3.45. The molecule has 1 aromatic heterocycles. The van der Waals surface area contributed by atoms with Gasteiger partial charge in [0.2, 0.25) is 5.95 Å². The molecule has 0 atom stereocenters. The first kappa shape index (κ1) is 13.4. The van der Waals surface area contributed by atoms with Crippen molar-refractivity contribution in [1.29, 1.82) is 0 Å². The minimum atomic E-state index is 0.576. The summed E-state index contributed by atoms with van der Waals surface area (Å²) < 4.78 is 5.33. The number of hydrogen-bond donors (Lipinski definition) is 1. The van der Waals surface area contributed by atoms with E-state index in [4.69, 9.17) is 4.74 Å². The Morgan fingerprint density at radius 3 is 3.00 bits per heavy atom. The van der Waals surface area contributed by atoms with Crippen LogP contribution in [-0.4, -0.2) is 30.2 Å². The second-order valence-corrected chi connectivity index (χ2v) is 4.74. The lowest BCUT2D eigenvalue weighted by molar-refractivity contribution is 0.417. The van der Waals surface area contributed by atoms with Gasteiger partial charge in [-0.3, -0.25) is 0 Å². The maximum atomic E-state index is 5.33. The summed E-state index contributed by atoms with van der Waals surface area (Å²) in [5.74, 6) is 2.31. The standard InChI is InChI=1S/C16H18N4O/c1-3-20-10-6-7-12-11-17-16(19-15(12)20)18-13-8-4-5-9-14(13)21-2/h4-9,11H,3,10H2,1-2H3,(H,17,18,19). The molecule has 2 aromatic rings. The lowest BCUT2D eigenvalue weighted by Gasteiger charge is -2.25. The minimum Gasteiger partial charge on any atom is -0.495 e. The predicted molar refractivity (Wildman–Crippen MR) is 85.2 cm³/mol. The van der Waals surface area contributed by atoms with Crippen LogP contribution in [0.2, 0.25) is 0 Å². The molecule has 0 bridgehead atoms. The molecule has 5 nitrogen and oxygen atoms in total. The van der Waals surface area contributed by atoms with Gasteiger partial charge >= 0.3 is 0 Å². The van der Waals surface area contributed by atoms with Crippen LogP contribution in [0.4, 0.5) is 17.5 Å². The van der Waals surface area contributed by atoms with Crippen molar-refractivity contribution >= 4 is 23.5 Å². The third kappa shape index (κ3) is 2.67. The van der Waals surface area contributed by atoms with E-state index in [1.54, 1.807) is 7.11 Å². The zero-order valence-electron chi connectivity index (χ0n) is 12.2. The topological polar surface area (TPSA) is 50.3 Å². The fourth-order valence-corrected chi connectivity index (χ4v) is 2.35. The highest BCUT2D eigenvalue weighted by molar-refractivity contribution is 5.70. The van der Waals surface area contributed by atoms with Gasteiger partial charge in [0.15, 0.2) is 0 Å². The largest absolute Gasteiger partial charge is 0.495 e. The van der Waals surface area contributed by atoms with Gasteiger partial charge in [-0.2, -0.15) is 4.98 Å².